The maximum Gasteiger partial charge on any atom is 0.415 e. The number of hydrogen-bond acceptors (Lipinski definition) is 6. The van der Waals surface area contributed by atoms with E-state index in [1.165, 1.54) is 9.42 Å². The number of amides is 1. The molecule has 2 heterocycles. The summed E-state index contributed by atoms with van der Waals surface area (Å²) in [5.74, 6) is 1.29. The molecule has 0 unspecified atom stereocenters. The topological polar surface area (TPSA) is 81.8 Å². The van der Waals surface area contributed by atoms with E-state index in [1.54, 1.807) is 20.1 Å². The second-order valence-electron chi connectivity index (χ2n) is 7.25. The van der Waals surface area contributed by atoms with E-state index in [9.17, 15) is 4.79 Å². The zero-order valence-corrected chi connectivity index (χ0v) is 17.2. The molecule has 3 rings (SSSR count). The molecule has 0 saturated carbocycles. The first-order chi connectivity index (χ1) is 13.2. The molecule has 0 fully saturated rings. The minimum atomic E-state index is -0.661. The Balaban J connectivity index is 2.06. The van der Waals surface area contributed by atoms with Crippen LogP contribution in [0.1, 0.15) is 32.2 Å². The molecule has 0 aliphatic heterocycles. The molecule has 28 heavy (non-hydrogen) atoms. The molecule has 0 aliphatic carbocycles. The van der Waals surface area contributed by atoms with Gasteiger partial charge in [-0.1, -0.05) is 23.7 Å². The Kier molecular flexibility index (Phi) is 5.42. The quantitative estimate of drug-likeness (QED) is 0.654. The van der Waals surface area contributed by atoms with Gasteiger partial charge >= 0.3 is 6.09 Å². The molecule has 0 saturated heterocycles. The average Bonchev–Trinajstić information content (AvgIpc) is 2.99. The van der Waals surface area contributed by atoms with Crippen LogP contribution in [-0.2, 0) is 11.3 Å². The van der Waals surface area contributed by atoms with E-state index in [0.717, 1.165) is 11.3 Å². The SMILES string of the molecule is COc1ccc(CN(C(=O)OC(C)(C)C)c2cc(Cl)nn3c(C)nnc23)cc1. The molecule has 0 aliphatic rings. The van der Waals surface area contributed by atoms with Crippen molar-refractivity contribution >= 4 is 29.0 Å². The molecule has 1 aromatic carbocycles. The van der Waals surface area contributed by atoms with Crippen LogP contribution in [0.2, 0.25) is 5.15 Å². The van der Waals surface area contributed by atoms with E-state index >= 15 is 0 Å². The fourth-order valence-corrected chi connectivity index (χ4v) is 2.80. The number of fused-ring (bicyclic) bond motifs is 1. The number of anilines is 1. The van der Waals surface area contributed by atoms with E-state index in [4.69, 9.17) is 21.1 Å². The van der Waals surface area contributed by atoms with Crippen molar-refractivity contribution in [2.24, 2.45) is 0 Å². The Hall–Kier alpha value is -2.87. The predicted molar refractivity (Wildman–Crippen MR) is 106 cm³/mol. The highest BCUT2D eigenvalue weighted by Gasteiger charge is 2.27. The van der Waals surface area contributed by atoms with Gasteiger partial charge in [-0.15, -0.1) is 10.2 Å². The van der Waals surface area contributed by atoms with E-state index in [0.29, 0.717) is 17.2 Å². The Morgan fingerprint density at radius 3 is 2.50 bits per heavy atom. The van der Waals surface area contributed by atoms with Gasteiger partial charge in [0, 0.05) is 6.07 Å². The first kappa shape index (κ1) is 19.9. The number of nitrogens with zero attached hydrogens (tertiary/aromatic N) is 5. The number of carbonyl (C=O) groups excluding carboxylic acids is 1. The van der Waals surface area contributed by atoms with Gasteiger partial charge in [0.1, 0.15) is 11.4 Å². The van der Waals surface area contributed by atoms with Crippen molar-refractivity contribution in [2.75, 3.05) is 12.0 Å². The van der Waals surface area contributed by atoms with E-state index in [1.807, 2.05) is 45.0 Å². The molecule has 2 aromatic heterocycles. The van der Waals surface area contributed by atoms with Crippen molar-refractivity contribution in [3.63, 3.8) is 0 Å². The van der Waals surface area contributed by atoms with Gasteiger partial charge in [0.15, 0.2) is 11.0 Å². The average molecular weight is 404 g/mol. The number of methoxy groups -OCH3 is 1. The van der Waals surface area contributed by atoms with Gasteiger partial charge in [0.2, 0.25) is 5.65 Å². The van der Waals surface area contributed by atoms with Gasteiger partial charge < -0.3 is 9.47 Å². The summed E-state index contributed by atoms with van der Waals surface area (Å²) in [5, 5.41) is 12.6. The highest BCUT2D eigenvalue weighted by atomic mass is 35.5. The van der Waals surface area contributed by atoms with Crippen molar-refractivity contribution in [2.45, 2.75) is 39.8 Å². The Labute approximate surface area is 168 Å². The summed E-state index contributed by atoms with van der Waals surface area (Å²) in [6, 6.07) is 9.01. The smallest absolute Gasteiger partial charge is 0.415 e. The van der Waals surface area contributed by atoms with Gasteiger partial charge in [-0.05, 0) is 45.4 Å². The lowest BCUT2D eigenvalue weighted by molar-refractivity contribution is 0.0577. The zero-order chi connectivity index (χ0) is 20.5. The van der Waals surface area contributed by atoms with Crippen molar-refractivity contribution < 1.29 is 14.3 Å². The van der Waals surface area contributed by atoms with Crippen LogP contribution in [0.4, 0.5) is 10.5 Å². The van der Waals surface area contributed by atoms with E-state index < -0.39 is 11.7 Å². The van der Waals surface area contributed by atoms with Crippen LogP contribution in [0.5, 0.6) is 5.75 Å². The minimum absolute atomic E-state index is 0.216. The monoisotopic (exact) mass is 403 g/mol. The first-order valence-electron chi connectivity index (χ1n) is 8.70. The molecule has 0 bridgehead atoms. The van der Waals surface area contributed by atoms with Crippen LogP contribution in [0.25, 0.3) is 5.65 Å². The van der Waals surface area contributed by atoms with Crippen molar-refractivity contribution in [3.05, 3.63) is 46.9 Å². The molecule has 9 heteroatoms. The molecule has 8 nitrogen and oxygen atoms in total. The van der Waals surface area contributed by atoms with Crippen molar-refractivity contribution in [1.29, 1.82) is 0 Å². The summed E-state index contributed by atoms with van der Waals surface area (Å²) in [4.78, 5) is 14.5. The number of ether oxygens (including phenoxy) is 2. The lowest BCUT2D eigenvalue weighted by Crippen LogP contribution is -2.37. The number of aryl methyl sites for hydroxylation is 1. The Morgan fingerprint density at radius 1 is 1.21 bits per heavy atom. The summed E-state index contributed by atoms with van der Waals surface area (Å²) in [5.41, 5.74) is 1.10. The lowest BCUT2D eigenvalue weighted by atomic mass is 10.2. The van der Waals surface area contributed by atoms with Crippen LogP contribution >= 0.6 is 11.6 Å². The first-order valence-corrected chi connectivity index (χ1v) is 9.08. The van der Waals surface area contributed by atoms with Gasteiger partial charge in [0.25, 0.3) is 0 Å². The summed E-state index contributed by atoms with van der Waals surface area (Å²) < 4.78 is 12.3. The van der Waals surface area contributed by atoms with Gasteiger partial charge in [-0.3, -0.25) is 4.90 Å². The maximum absolute atomic E-state index is 13.0. The molecular weight excluding hydrogens is 382 g/mol. The fourth-order valence-electron chi connectivity index (χ4n) is 2.62. The fraction of sp³-hybridized carbons (Fsp3) is 0.368. The molecule has 148 valence electrons. The Bertz CT molecular complexity index is 995. The number of hydrogen-bond donors (Lipinski definition) is 0. The summed E-state index contributed by atoms with van der Waals surface area (Å²) in [7, 11) is 1.60. The number of halogens is 1. The van der Waals surface area contributed by atoms with Crippen LogP contribution in [0.3, 0.4) is 0 Å². The van der Waals surface area contributed by atoms with Crippen molar-refractivity contribution in [3.8, 4) is 5.75 Å². The molecule has 1 amide bonds. The number of benzene rings is 1. The van der Waals surface area contributed by atoms with Gasteiger partial charge in [-0.2, -0.15) is 9.61 Å². The van der Waals surface area contributed by atoms with E-state index in [2.05, 4.69) is 15.3 Å². The normalized spacial score (nSPS) is 11.5. The summed E-state index contributed by atoms with van der Waals surface area (Å²) >= 11 is 6.19. The maximum atomic E-state index is 13.0. The third kappa shape index (κ3) is 4.33. The number of rotatable bonds is 4. The van der Waals surface area contributed by atoms with Gasteiger partial charge in [0.05, 0.1) is 19.3 Å². The highest BCUT2D eigenvalue weighted by Crippen LogP contribution is 2.27. The second-order valence-corrected chi connectivity index (χ2v) is 7.64. The second kappa shape index (κ2) is 7.63. The third-order valence-electron chi connectivity index (χ3n) is 3.88. The molecule has 3 aromatic rings. The molecule has 0 N–H and O–H groups in total. The molecule has 0 radical (unpaired) electrons. The largest absolute Gasteiger partial charge is 0.497 e. The third-order valence-corrected chi connectivity index (χ3v) is 4.07. The van der Waals surface area contributed by atoms with Crippen LogP contribution in [0.15, 0.2) is 30.3 Å². The minimum Gasteiger partial charge on any atom is -0.497 e. The standard InChI is InChI=1S/C19H22ClN5O3/c1-12-21-22-17-15(10-16(20)23-25(12)17)24(18(26)28-19(2,3)4)11-13-6-8-14(27-5)9-7-13/h6-10H,11H2,1-5H3. The highest BCUT2D eigenvalue weighted by molar-refractivity contribution is 6.29. The van der Waals surface area contributed by atoms with Crippen LogP contribution in [0, 0.1) is 6.92 Å². The molecule has 0 spiro atoms. The molecular formula is C19H22ClN5O3. The number of aromatic nitrogens is 4. The predicted octanol–water partition coefficient (Wildman–Crippen LogP) is 4.04. The molecule has 0 atom stereocenters. The number of carbonyl (C=O) groups is 1. The van der Waals surface area contributed by atoms with Gasteiger partial charge in [-0.25, -0.2) is 4.79 Å². The van der Waals surface area contributed by atoms with Crippen molar-refractivity contribution in [1.82, 2.24) is 19.8 Å². The van der Waals surface area contributed by atoms with Crippen LogP contribution in [-0.4, -0.2) is 38.6 Å². The summed E-state index contributed by atoms with van der Waals surface area (Å²) in [6.07, 6.45) is -0.520. The Morgan fingerprint density at radius 2 is 1.89 bits per heavy atom. The van der Waals surface area contributed by atoms with Crippen LogP contribution < -0.4 is 9.64 Å². The summed E-state index contributed by atoms with van der Waals surface area (Å²) in [6.45, 7) is 7.45. The van der Waals surface area contributed by atoms with E-state index in [-0.39, 0.29) is 11.7 Å². The lowest BCUT2D eigenvalue weighted by Gasteiger charge is -2.27. The zero-order valence-electron chi connectivity index (χ0n) is 16.4.